The zero-order valence-electron chi connectivity index (χ0n) is 22.8. The van der Waals surface area contributed by atoms with E-state index < -0.39 is 10.9 Å². The molecule has 200 valence electrons. The van der Waals surface area contributed by atoms with Crippen LogP contribution in [0.25, 0.3) is 0 Å². The van der Waals surface area contributed by atoms with Gasteiger partial charge in [-0.05, 0) is 73.4 Å². The van der Waals surface area contributed by atoms with Gasteiger partial charge in [0, 0.05) is 22.8 Å². The Morgan fingerprint density at radius 1 is 0.769 bits per heavy atom. The lowest BCUT2D eigenvalue weighted by Crippen LogP contribution is -1.96. The lowest BCUT2D eigenvalue weighted by Gasteiger charge is -2.03. The van der Waals surface area contributed by atoms with Gasteiger partial charge in [0.15, 0.2) is 0 Å². The lowest BCUT2D eigenvalue weighted by atomic mass is 10.0. The van der Waals surface area contributed by atoms with Crippen LogP contribution in [-0.2, 0) is 6.42 Å². The van der Waals surface area contributed by atoms with Gasteiger partial charge >= 0.3 is 5.97 Å². The average molecular weight is 522 g/mol. The highest BCUT2D eigenvalue weighted by molar-refractivity contribution is 5.87. The Balaban J connectivity index is 1.64. The molecular weight excluding hydrogens is 486 g/mol. The van der Waals surface area contributed by atoms with Gasteiger partial charge in [-0.3, -0.25) is 10.1 Å². The van der Waals surface area contributed by atoms with E-state index in [-0.39, 0.29) is 16.8 Å². The smallest absolute Gasteiger partial charge is 0.335 e. The second-order valence-corrected chi connectivity index (χ2v) is 9.75. The first-order valence-corrected chi connectivity index (χ1v) is 13.6. The molecule has 0 radical (unpaired) electrons. The summed E-state index contributed by atoms with van der Waals surface area (Å²) in [5.41, 5.74) is 4.45. The Kier molecular flexibility index (Phi) is 11.4. The number of benzene rings is 3. The molecule has 0 heterocycles. The summed E-state index contributed by atoms with van der Waals surface area (Å²) in [6.07, 6.45) is 11.5. The van der Waals surface area contributed by atoms with E-state index in [1.54, 1.807) is 18.2 Å². The highest BCUT2D eigenvalue weighted by Crippen LogP contribution is 2.23. The number of rotatable bonds is 11. The number of hydrogen-bond donors (Lipinski definition) is 1. The van der Waals surface area contributed by atoms with Crippen LogP contribution in [0.5, 0.6) is 0 Å². The van der Waals surface area contributed by atoms with Crippen LogP contribution in [0.3, 0.4) is 0 Å². The molecule has 3 aromatic carbocycles. The predicted molar refractivity (Wildman–Crippen MR) is 156 cm³/mol. The van der Waals surface area contributed by atoms with Crippen molar-refractivity contribution >= 4 is 11.7 Å². The molecule has 3 rings (SSSR count). The van der Waals surface area contributed by atoms with Crippen LogP contribution in [-0.4, -0.2) is 16.0 Å². The molecule has 0 spiro atoms. The van der Waals surface area contributed by atoms with Gasteiger partial charge in [-0.25, -0.2) is 4.79 Å². The number of nitro benzene ring substituents is 1. The number of carbonyl (C=O) groups is 1. The number of nitro groups is 1. The third-order valence-electron chi connectivity index (χ3n) is 6.63. The van der Waals surface area contributed by atoms with Crippen molar-refractivity contribution in [3.05, 3.63) is 110 Å². The topological polar surface area (TPSA) is 80.4 Å². The molecule has 0 aromatic heterocycles. The lowest BCUT2D eigenvalue weighted by molar-refractivity contribution is -0.385. The summed E-state index contributed by atoms with van der Waals surface area (Å²) in [4.78, 5) is 22.3. The highest BCUT2D eigenvalue weighted by atomic mass is 16.6. The van der Waals surface area contributed by atoms with Gasteiger partial charge in [-0.2, -0.15) is 0 Å². The van der Waals surface area contributed by atoms with Gasteiger partial charge in [0.1, 0.15) is 5.56 Å². The minimum Gasteiger partial charge on any atom is -0.478 e. The molecule has 1 N–H and O–H groups in total. The van der Waals surface area contributed by atoms with Gasteiger partial charge in [-0.1, -0.05) is 87.7 Å². The maximum absolute atomic E-state index is 11.7. The predicted octanol–water partition coefficient (Wildman–Crippen LogP) is 8.08. The van der Waals surface area contributed by atoms with Crippen LogP contribution in [0.4, 0.5) is 5.69 Å². The molecule has 0 aliphatic heterocycles. The molecule has 0 saturated carbocycles. The second kappa shape index (κ2) is 15.2. The molecule has 5 nitrogen and oxygen atoms in total. The maximum Gasteiger partial charge on any atom is 0.335 e. The van der Waals surface area contributed by atoms with E-state index in [1.807, 2.05) is 19.1 Å². The molecule has 0 amide bonds. The highest BCUT2D eigenvalue weighted by Gasteiger charge is 2.15. The first-order chi connectivity index (χ1) is 18.9. The van der Waals surface area contributed by atoms with Crippen LogP contribution in [0.2, 0.25) is 0 Å². The monoisotopic (exact) mass is 521 g/mol. The van der Waals surface area contributed by atoms with Crippen LogP contribution in [0.15, 0.2) is 60.7 Å². The quantitative estimate of drug-likeness (QED) is 0.120. The van der Waals surface area contributed by atoms with E-state index in [4.69, 9.17) is 5.11 Å². The van der Waals surface area contributed by atoms with Crippen molar-refractivity contribution in [3.8, 4) is 23.7 Å². The second-order valence-electron chi connectivity index (χ2n) is 9.75. The number of carboxylic acid groups (broad SMARTS) is 1. The Hall–Kier alpha value is -4.35. The fourth-order valence-electron chi connectivity index (χ4n) is 4.28. The molecule has 0 fully saturated rings. The Morgan fingerprint density at radius 3 is 1.87 bits per heavy atom. The largest absolute Gasteiger partial charge is 0.478 e. The summed E-state index contributed by atoms with van der Waals surface area (Å²) in [7, 11) is 0. The summed E-state index contributed by atoms with van der Waals surface area (Å²) in [5, 5.41) is 20.8. The zero-order chi connectivity index (χ0) is 28.0. The Morgan fingerprint density at radius 2 is 1.31 bits per heavy atom. The summed E-state index contributed by atoms with van der Waals surface area (Å²) in [6, 6.07) is 17.4. The number of aryl methyl sites for hydroxylation is 2. The van der Waals surface area contributed by atoms with Crippen LogP contribution in [0, 0.1) is 40.7 Å². The van der Waals surface area contributed by atoms with E-state index in [1.165, 1.54) is 75.1 Å². The van der Waals surface area contributed by atoms with Crippen molar-refractivity contribution in [3.63, 3.8) is 0 Å². The summed E-state index contributed by atoms with van der Waals surface area (Å²) in [6.45, 7) is 4.10. The average Bonchev–Trinajstić information content (AvgIpc) is 2.93. The summed E-state index contributed by atoms with van der Waals surface area (Å²) < 4.78 is 0. The van der Waals surface area contributed by atoms with E-state index in [2.05, 4.69) is 42.7 Å². The van der Waals surface area contributed by atoms with Crippen molar-refractivity contribution in [2.45, 2.75) is 71.6 Å². The molecule has 0 aliphatic rings. The number of unbranched alkanes of at least 4 members (excludes halogenated alkanes) is 7. The maximum atomic E-state index is 11.7. The SMILES string of the molecule is CCCCCCCCCCc1ccc(C#Cc2cc([N+](=O)[O-])c(C#Cc3ccc(C(=O)O)cc3)cc2C)cc1. The Labute approximate surface area is 231 Å². The van der Waals surface area contributed by atoms with Crippen LogP contribution < -0.4 is 0 Å². The van der Waals surface area contributed by atoms with Crippen LogP contribution >= 0.6 is 0 Å². The van der Waals surface area contributed by atoms with Crippen molar-refractivity contribution in [2.75, 3.05) is 0 Å². The third kappa shape index (κ3) is 9.47. The van der Waals surface area contributed by atoms with Gasteiger partial charge in [-0.15, -0.1) is 0 Å². The first-order valence-electron chi connectivity index (χ1n) is 13.6. The van der Waals surface area contributed by atoms with Gasteiger partial charge in [0.2, 0.25) is 0 Å². The van der Waals surface area contributed by atoms with E-state index in [9.17, 15) is 14.9 Å². The van der Waals surface area contributed by atoms with Gasteiger partial charge in [0.25, 0.3) is 5.69 Å². The molecule has 0 bridgehead atoms. The van der Waals surface area contributed by atoms with Crippen molar-refractivity contribution < 1.29 is 14.8 Å². The molecular formula is C34H35NO4. The molecule has 0 saturated heterocycles. The zero-order valence-corrected chi connectivity index (χ0v) is 22.8. The van der Waals surface area contributed by atoms with Gasteiger partial charge in [0.05, 0.1) is 10.5 Å². The Bertz CT molecular complexity index is 1400. The minimum absolute atomic E-state index is 0.111. The fourth-order valence-corrected chi connectivity index (χ4v) is 4.28. The van der Waals surface area contributed by atoms with Gasteiger partial charge < -0.3 is 5.11 Å². The van der Waals surface area contributed by atoms with Crippen molar-refractivity contribution in [1.82, 2.24) is 0 Å². The standard InChI is InChI=1S/C34H35NO4/c1-3-4-5-6-7-8-9-10-11-27-12-14-28(15-13-27)18-22-31-25-33(35(38)39)32(24-26(31)2)23-19-29-16-20-30(21-17-29)34(36)37/h12-17,20-21,24-25H,3-11H2,1-2H3,(H,36,37). The van der Waals surface area contributed by atoms with E-state index in [0.717, 1.165) is 17.5 Å². The van der Waals surface area contributed by atoms with Crippen LogP contribution in [0.1, 0.15) is 102 Å². The normalized spacial score (nSPS) is 10.2. The van der Waals surface area contributed by atoms with E-state index in [0.29, 0.717) is 11.1 Å². The summed E-state index contributed by atoms with van der Waals surface area (Å²) in [5.74, 6) is 10.9. The summed E-state index contributed by atoms with van der Waals surface area (Å²) >= 11 is 0. The molecule has 5 heteroatoms. The molecule has 0 aliphatic carbocycles. The fraction of sp³-hybridized carbons (Fsp3) is 0.324. The molecule has 3 aromatic rings. The number of aromatic carboxylic acids is 1. The van der Waals surface area contributed by atoms with Crippen molar-refractivity contribution in [1.29, 1.82) is 0 Å². The number of hydrogen-bond acceptors (Lipinski definition) is 3. The van der Waals surface area contributed by atoms with Crippen molar-refractivity contribution in [2.24, 2.45) is 0 Å². The number of carboxylic acids is 1. The number of nitrogens with zero attached hydrogens (tertiary/aromatic N) is 1. The third-order valence-corrected chi connectivity index (χ3v) is 6.63. The molecule has 39 heavy (non-hydrogen) atoms. The molecule has 0 atom stereocenters. The molecule has 0 unspecified atom stereocenters. The van der Waals surface area contributed by atoms with E-state index >= 15 is 0 Å². The minimum atomic E-state index is -1.02. The first kappa shape index (κ1) is 29.2.